The van der Waals surface area contributed by atoms with Crippen molar-refractivity contribution in [2.24, 2.45) is 5.73 Å². The van der Waals surface area contributed by atoms with Crippen LogP contribution in [0.3, 0.4) is 0 Å². The lowest BCUT2D eigenvalue weighted by Gasteiger charge is -2.26. The second-order valence-corrected chi connectivity index (χ2v) is 4.07. The Kier molecular flexibility index (Phi) is 3.14. The molecule has 2 atom stereocenters. The van der Waals surface area contributed by atoms with Gasteiger partial charge in [0, 0.05) is 37.0 Å². The second-order valence-electron chi connectivity index (χ2n) is 4.07. The van der Waals surface area contributed by atoms with E-state index in [1.807, 2.05) is 4.90 Å². The van der Waals surface area contributed by atoms with Crippen molar-refractivity contribution in [3.63, 3.8) is 0 Å². The van der Waals surface area contributed by atoms with Gasteiger partial charge in [0.05, 0.1) is 6.04 Å². The molecule has 0 bridgehead atoms. The molecule has 0 aliphatic carbocycles. The van der Waals surface area contributed by atoms with E-state index in [9.17, 15) is 4.79 Å². The molecule has 2 N–H and O–H groups in total. The van der Waals surface area contributed by atoms with Crippen molar-refractivity contribution in [3.8, 4) is 0 Å². The van der Waals surface area contributed by atoms with Crippen LogP contribution in [0.15, 0.2) is 18.7 Å². The first kappa shape index (κ1) is 11.0. The summed E-state index contributed by atoms with van der Waals surface area (Å²) < 4.78 is 0. The van der Waals surface area contributed by atoms with Gasteiger partial charge in [-0.1, -0.05) is 6.92 Å². The maximum Gasteiger partial charge on any atom is 0.224 e. The Balaban J connectivity index is 2.27. The summed E-state index contributed by atoms with van der Waals surface area (Å²) in [5, 5.41) is 0. The number of carbonyl (C=O) groups excluding carboxylic acids is 1. The molecular weight excluding hydrogens is 204 g/mol. The zero-order valence-corrected chi connectivity index (χ0v) is 9.34. The standard InChI is InChI=1S/C11H16N4O/c1-2-3-15-10(16)4-9(12)11(15)8-5-13-7-14-6-8/h5-7,9,11H,2-4,12H2,1H3/t9-,11+/m0/s1. The predicted molar refractivity (Wildman–Crippen MR) is 59.4 cm³/mol. The Hall–Kier alpha value is -1.49. The lowest BCUT2D eigenvalue weighted by atomic mass is 10.0. The number of carbonyl (C=O) groups is 1. The fourth-order valence-electron chi connectivity index (χ4n) is 2.21. The van der Waals surface area contributed by atoms with Crippen LogP contribution in [-0.4, -0.2) is 33.4 Å². The number of aromatic nitrogens is 2. The van der Waals surface area contributed by atoms with E-state index in [0.717, 1.165) is 18.5 Å². The monoisotopic (exact) mass is 220 g/mol. The molecule has 5 heteroatoms. The first-order chi connectivity index (χ1) is 7.74. The highest BCUT2D eigenvalue weighted by Gasteiger charge is 2.38. The molecule has 1 aliphatic rings. The molecule has 0 aromatic carbocycles. The molecule has 1 aromatic rings. The van der Waals surface area contributed by atoms with Crippen LogP contribution in [0.2, 0.25) is 0 Å². The number of rotatable bonds is 3. The number of nitrogens with zero attached hydrogens (tertiary/aromatic N) is 3. The van der Waals surface area contributed by atoms with E-state index >= 15 is 0 Å². The molecule has 0 saturated carbocycles. The van der Waals surface area contributed by atoms with E-state index in [2.05, 4.69) is 16.9 Å². The van der Waals surface area contributed by atoms with Gasteiger partial charge in [0.25, 0.3) is 0 Å². The summed E-state index contributed by atoms with van der Waals surface area (Å²) in [6.07, 6.45) is 6.30. The lowest BCUT2D eigenvalue weighted by molar-refractivity contribution is -0.129. The van der Waals surface area contributed by atoms with Crippen LogP contribution in [0.5, 0.6) is 0 Å². The Morgan fingerprint density at radius 3 is 2.81 bits per heavy atom. The normalized spacial score (nSPS) is 25.1. The van der Waals surface area contributed by atoms with Crippen molar-refractivity contribution in [2.45, 2.75) is 31.8 Å². The maximum absolute atomic E-state index is 11.8. The third-order valence-electron chi connectivity index (χ3n) is 2.86. The van der Waals surface area contributed by atoms with Crippen LogP contribution in [0.4, 0.5) is 0 Å². The minimum atomic E-state index is -0.148. The number of hydrogen-bond acceptors (Lipinski definition) is 4. The van der Waals surface area contributed by atoms with E-state index in [1.54, 1.807) is 12.4 Å². The van der Waals surface area contributed by atoms with Gasteiger partial charge in [-0.2, -0.15) is 0 Å². The molecule has 1 aromatic heterocycles. The smallest absolute Gasteiger partial charge is 0.224 e. The summed E-state index contributed by atoms with van der Waals surface area (Å²) >= 11 is 0. The van der Waals surface area contributed by atoms with E-state index < -0.39 is 0 Å². The molecular formula is C11H16N4O. The van der Waals surface area contributed by atoms with Crippen LogP contribution in [0, 0.1) is 0 Å². The van der Waals surface area contributed by atoms with Crippen LogP contribution >= 0.6 is 0 Å². The molecule has 5 nitrogen and oxygen atoms in total. The first-order valence-corrected chi connectivity index (χ1v) is 5.54. The average molecular weight is 220 g/mol. The molecule has 0 unspecified atom stereocenters. The largest absolute Gasteiger partial charge is 0.334 e. The van der Waals surface area contributed by atoms with Gasteiger partial charge >= 0.3 is 0 Å². The van der Waals surface area contributed by atoms with Crippen molar-refractivity contribution >= 4 is 5.91 Å². The maximum atomic E-state index is 11.8. The van der Waals surface area contributed by atoms with Gasteiger partial charge in [-0.25, -0.2) is 9.97 Å². The third kappa shape index (κ3) is 1.90. The third-order valence-corrected chi connectivity index (χ3v) is 2.86. The summed E-state index contributed by atoms with van der Waals surface area (Å²) in [6.45, 7) is 2.79. The van der Waals surface area contributed by atoms with Crippen LogP contribution < -0.4 is 5.73 Å². The minimum Gasteiger partial charge on any atom is -0.334 e. The van der Waals surface area contributed by atoms with Crippen molar-refractivity contribution in [2.75, 3.05) is 6.54 Å². The Morgan fingerprint density at radius 2 is 2.19 bits per heavy atom. The summed E-state index contributed by atoms with van der Waals surface area (Å²) in [4.78, 5) is 21.6. The van der Waals surface area contributed by atoms with Gasteiger partial charge in [0.15, 0.2) is 0 Å². The Bertz CT molecular complexity index is 368. The van der Waals surface area contributed by atoms with Crippen molar-refractivity contribution in [3.05, 3.63) is 24.3 Å². The molecule has 0 radical (unpaired) electrons. The molecule has 0 spiro atoms. The molecule has 1 aliphatic heterocycles. The minimum absolute atomic E-state index is 0.0614. The quantitative estimate of drug-likeness (QED) is 0.804. The van der Waals surface area contributed by atoms with Gasteiger partial charge in [0.1, 0.15) is 6.33 Å². The second kappa shape index (κ2) is 4.57. The zero-order valence-electron chi connectivity index (χ0n) is 9.34. The Labute approximate surface area is 94.7 Å². The van der Waals surface area contributed by atoms with Gasteiger partial charge in [0.2, 0.25) is 5.91 Å². The number of likely N-dealkylation sites (tertiary alicyclic amines) is 1. The van der Waals surface area contributed by atoms with Crippen molar-refractivity contribution < 1.29 is 4.79 Å². The molecule has 86 valence electrons. The Morgan fingerprint density at radius 1 is 1.50 bits per heavy atom. The van der Waals surface area contributed by atoms with Crippen molar-refractivity contribution in [1.29, 1.82) is 0 Å². The SMILES string of the molecule is CCCN1C(=O)C[C@H](N)[C@H]1c1cncnc1. The van der Waals surface area contributed by atoms with Crippen molar-refractivity contribution in [1.82, 2.24) is 14.9 Å². The highest BCUT2D eigenvalue weighted by atomic mass is 16.2. The number of hydrogen-bond donors (Lipinski definition) is 1. The van der Waals surface area contributed by atoms with E-state index in [4.69, 9.17) is 5.73 Å². The van der Waals surface area contributed by atoms with Gasteiger partial charge in [-0.05, 0) is 6.42 Å². The van der Waals surface area contributed by atoms with E-state index in [-0.39, 0.29) is 18.0 Å². The van der Waals surface area contributed by atoms with Gasteiger partial charge in [-0.15, -0.1) is 0 Å². The van der Waals surface area contributed by atoms with Gasteiger partial charge in [-0.3, -0.25) is 4.79 Å². The molecule has 1 fully saturated rings. The molecule has 16 heavy (non-hydrogen) atoms. The average Bonchev–Trinajstić information content (AvgIpc) is 2.56. The summed E-state index contributed by atoms with van der Waals surface area (Å²) in [6, 6.07) is -0.210. The van der Waals surface area contributed by atoms with Crippen LogP contribution in [0.25, 0.3) is 0 Å². The molecule has 1 saturated heterocycles. The van der Waals surface area contributed by atoms with Crippen LogP contribution in [-0.2, 0) is 4.79 Å². The van der Waals surface area contributed by atoms with Crippen LogP contribution in [0.1, 0.15) is 31.4 Å². The topological polar surface area (TPSA) is 72.1 Å². The number of nitrogens with two attached hydrogens (primary N) is 1. The molecule has 2 rings (SSSR count). The number of amides is 1. The molecule has 1 amide bonds. The van der Waals surface area contributed by atoms with Gasteiger partial charge < -0.3 is 10.6 Å². The van der Waals surface area contributed by atoms with E-state index in [1.165, 1.54) is 6.33 Å². The fourth-order valence-corrected chi connectivity index (χ4v) is 2.21. The summed E-state index contributed by atoms with van der Waals surface area (Å²) in [7, 11) is 0. The van der Waals surface area contributed by atoms with E-state index in [0.29, 0.717) is 6.42 Å². The summed E-state index contributed by atoms with van der Waals surface area (Å²) in [5.41, 5.74) is 6.93. The lowest BCUT2D eigenvalue weighted by Crippen LogP contribution is -2.33. The highest BCUT2D eigenvalue weighted by molar-refractivity contribution is 5.80. The molecule has 2 heterocycles. The summed E-state index contributed by atoms with van der Waals surface area (Å²) in [5.74, 6) is 0.128. The highest BCUT2D eigenvalue weighted by Crippen LogP contribution is 2.31. The predicted octanol–water partition coefficient (Wildman–Crippen LogP) is 0.487. The zero-order chi connectivity index (χ0) is 11.5. The fraction of sp³-hybridized carbons (Fsp3) is 0.545. The first-order valence-electron chi connectivity index (χ1n) is 5.54.